The van der Waals surface area contributed by atoms with Gasteiger partial charge in [-0.25, -0.2) is 13.6 Å². The molecule has 5 heteroatoms. The van der Waals surface area contributed by atoms with Gasteiger partial charge in [-0.05, 0) is 50.3 Å². The Bertz CT molecular complexity index is 617. The number of sulfonamides is 1. The summed E-state index contributed by atoms with van der Waals surface area (Å²) < 4.78 is 29.1. The van der Waals surface area contributed by atoms with E-state index in [-0.39, 0.29) is 11.2 Å². The standard InChI is InChI=1S/C16H25NO3S/c1-12-6-7-13(2)15(14(12)3)20-10-16(8-4-5-9-16)11-21(17,18)19/h6-7H,4-5,8-11H2,1-3H3,(H2,17,18,19). The number of aryl methyl sites for hydroxylation is 2. The minimum atomic E-state index is -3.48. The van der Waals surface area contributed by atoms with Crippen LogP contribution in [0, 0.1) is 26.2 Å². The van der Waals surface area contributed by atoms with Gasteiger partial charge in [-0.1, -0.05) is 25.0 Å². The highest BCUT2D eigenvalue weighted by Crippen LogP contribution is 2.40. The summed E-state index contributed by atoms with van der Waals surface area (Å²) >= 11 is 0. The molecule has 4 nitrogen and oxygen atoms in total. The van der Waals surface area contributed by atoms with Crippen LogP contribution in [0.15, 0.2) is 12.1 Å². The Hall–Kier alpha value is -1.07. The molecule has 0 spiro atoms. The Morgan fingerprint density at radius 1 is 1.14 bits per heavy atom. The molecule has 2 rings (SSSR count). The number of benzene rings is 1. The third-order valence-electron chi connectivity index (χ3n) is 4.57. The van der Waals surface area contributed by atoms with Crippen LogP contribution < -0.4 is 9.88 Å². The van der Waals surface area contributed by atoms with Crippen LogP contribution in [-0.4, -0.2) is 20.8 Å². The van der Waals surface area contributed by atoms with Crippen molar-refractivity contribution in [1.29, 1.82) is 0 Å². The maximum absolute atomic E-state index is 11.5. The van der Waals surface area contributed by atoms with Gasteiger partial charge in [0.05, 0.1) is 12.4 Å². The Morgan fingerprint density at radius 2 is 1.71 bits per heavy atom. The Labute approximate surface area is 127 Å². The third-order valence-corrected chi connectivity index (χ3v) is 5.58. The van der Waals surface area contributed by atoms with Crippen molar-refractivity contribution < 1.29 is 13.2 Å². The lowest BCUT2D eigenvalue weighted by atomic mass is 9.89. The highest BCUT2D eigenvalue weighted by atomic mass is 32.2. The summed E-state index contributed by atoms with van der Waals surface area (Å²) in [5, 5.41) is 5.27. The van der Waals surface area contributed by atoms with Gasteiger partial charge >= 0.3 is 0 Å². The van der Waals surface area contributed by atoms with Crippen LogP contribution in [0.5, 0.6) is 5.75 Å². The van der Waals surface area contributed by atoms with Crippen molar-refractivity contribution in [2.24, 2.45) is 10.6 Å². The molecule has 1 saturated carbocycles. The van der Waals surface area contributed by atoms with Crippen LogP contribution in [0.25, 0.3) is 0 Å². The molecular formula is C16H25NO3S. The molecule has 1 fully saturated rings. The van der Waals surface area contributed by atoms with Crippen LogP contribution in [-0.2, 0) is 10.0 Å². The van der Waals surface area contributed by atoms with Crippen molar-refractivity contribution in [2.45, 2.75) is 46.5 Å². The summed E-state index contributed by atoms with van der Waals surface area (Å²) in [7, 11) is -3.48. The third kappa shape index (κ3) is 3.98. The Kier molecular flexibility index (Phi) is 4.63. The fourth-order valence-electron chi connectivity index (χ4n) is 3.25. The summed E-state index contributed by atoms with van der Waals surface area (Å²) in [6.07, 6.45) is 3.83. The minimum absolute atomic E-state index is 0.0178. The zero-order valence-electron chi connectivity index (χ0n) is 13.1. The fourth-order valence-corrected chi connectivity index (χ4v) is 4.48. The maximum Gasteiger partial charge on any atom is 0.209 e. The molecule has 1 aliphatic rings. The monoisotopic (exact) mass is 311 g/mol. The quantitative estimate of drug-likeness (QED) is 0.909. The van der Waals surface area contributed by atoms with E-state index in [1.165, 1.54) is 5.56 Å². The Balaban J connectivity index is 2.19. The van der Waals surface area contributed by atoms with Crippen LogP contribution in [0.3, 0.4) is 0 Å². The van der Waals surface area contributed by atoms with Crippen LogP contribution in [0.4, 0.5) is 0 Å². The molecule has 0 aromatic heterocycles. The average molecular weight is 311 g/mol. The van der Waals surface area contributed by atoms with E-state index in [2.05, 4.69) is 13.0 Å². The first-order chi connectivity index (χ1) is 9.72. The molecule has 0 unspecified atom stereocenters. The van der Waals surface area contributed by atoms with Crippen molar-refractivity contribution in [3.63, 3.8) is 0 Å². The fraction of sp³-hybridized carbons (Fsp3) is 0.625. The average Bonchev–Trinajstić information content (AvgIpc) is 2.80. The molecule has 1 aromatic rings. The van der Waals surface area contributed by atoms with Crippen LogP contribution in [0.2, 0.25) is 0 Å². The molecule has 118 valence electrons. The van der Waals surface area contributed by atoms with Gasteiger partial charge in [0, 0.05) is 5.41 Å². The van der Waals surface area contributed by atoms with Gasteiger partial charge in [0.2, 0.25) is 10.0 Å². The normalized spacial score (nSPS) is 17.9. The molecule has 2 N–H and O–H groups in total. The van der Waals surface area contributed by atoms with Crippen molar-refractivity contribution >= 4 is 10.0 Å². The molecule has 1 aliphatic carbocycles. The highest BCUT2D eigenvalue weighted by molar-refractivity contribution is 7.89. The van der Waals surface area contributed by atoms with E-state index in [1.54, 1.807) is 0 Å². The predicted molar refractivity (Wildman–Crippen MR) is 85.0 cm³/mol. The second-order valence-electron chi connectivity index (χ2n) is 6.46. The molecule has 0 radical (unpaired) electrons. The SMILES string of the molecule is Cc1ccc(C)c(OCC2(CS(N)(=O)=O)CCCC2)c1C. The second-order valence-corrected chi connectivity index (χ2v) is 8.07. The van der Waals surface area contributed by atoms with Crippen molar-refractivity contribution in [3.8, 4) is 5.75 Å². The van der Waals surface area contributed by atoms with Crippen LogP contribution in [0.1, 0.15) is 42.4 Å². The van der Waals surface area contributed by atoms with E-state index in [0.29, 0.717) is 6.61 Å². The zero-order valence-corrected chi connectivity index (χ0v) is 13.9. The topological polar surface area (TPSA) is 69.4 Å². The predicted octanol–water partition coefficient (Wildman–Crippen LogP) is 2.84. The number of ether oxygens (including phenoxy) is 1. The van der Waals surface area contributed by atoms with E-state index in [4.69, 9.17) is 9.88 Å². The zero-order chi connectivity index (χ0) is 15.7. The minimum Gasteiger partial charge on any atom is -0.492 e. The first-order valence-electron chi connectivity index (χ1n) is 7.43. The van der Waals surface area contributed by atoms with Gasteiger partial charge in [0.1, 0.15) is 5.75 Å². The number of nitrogens with two attached hydrogens (primary N) is 1. The van der Waals surface area contributed by atoms with Gasteiger partial charge in [-0.15, -0.1) is 0 Å². The molecule has 0 saturated heterocycles. The summed E-state index contributed by atoms with van der Waals surface area (Å²) in [5.41, 5.74) is 3.07. The molecule has 1 aromatic carbocycles. The second kappa shape index (κ2) is 5.97. The van der Waals surface area contributed by atoms with Crippen molar-refractivity contribution in [2.75, 3.05) is 12.4 Å². The van der Waals surface area contributed by atoms with Gasteiger partial charge in [-0.3, -0.25) is 0 Å². The molecule has 0 aliphatic heterocycles. The maximum atomic E-state index is 11.5. The summed E-state index contributed by atoms with van der Waals surface area (Å²) in [6.45, 7) is 6.54. The molecule has 0 bridgehead atoms. The highest BCUT2D eigenvalue weighted by Gasteiger charge is 2.38. The lowest BCUT2D eigenvalue weighted by Gasteiger charge is -2.28. The van der Waals surface area contributed by atoms with Gasteiger partial charge in [0.15, 0.2) is 0 Å². The molecule has 0 amide bonds. The van der Waals surface area contributed by atoms with E-state index in [0.717, 1.165) is 42.6 Å². The number of hydrogen-bond donors (Lipinski definition) is 1. The van der Waals surface area contributed by atoms with Crippen molar-refractivity contribution in [1.82, 2.24) is 0 Å². The van der Waals surface area contributed by atoms with E-state index in [9.17, 15) is 8.42 Å². The molecular weight excluding hydrogens is 286 g/mol. The van der Waals surface area contributed by atoms with E-state index in [1.807, 2.05) is 19.9 Å². The number of rotatable bonds is 5. The summed E-state index contributed by atoms with van der Waals surface area (Å²) in [6, 6.07) is 4.12. The smallest absolute Gasteiger partial charge is 0.209 e. The number of hydrogen-bond acceptors (Lipinski definition) is 3. The van der Waals surface area contributed by atoms with Crippen molar-refractivity contribution in [3.05, 3.63) is 28.8 Å². The van der Waals surface area contributed by atoms with Gasteiger partial charge < -0.3 is 4.74 Å². The first kappa shape index (κ1) is 16.3. The van der Waals surface area contributed by atoms with E-state index >= 15 is 0 Å². The van der Waals surface area contributed by atoms with Gasteiger partial charge in [0.25, 0.3) is 0 Å². The lowest BCUT2D eigenvalue weighted by Crippen LogP contribution is -2.36. The number of primary sulfonamides is 1. The lowest BCUT2D eigenvalue weighted by molar-refractivity contribution is 0.169. The largest absolute Gasteiger partial charge is 0.492 e. The van der Waals surface area contributed by atoms with Gasteiger partial charge in [-0.2, -0.15) is 0 Å². The Morgan fingerprint density at radius 3 is 2.29 bits per heavy atom. The summed E-state index contributed by atoms with van der Waals surface area (Å²) in [4.78, 5) is 0. The van der Waals surface area contributed by atoms with Crippen LogP contribution >= 0.6 is 0 Å². The summed E-state index contributed by atoms with van der Waals surface area (Å²) in [5.74, 6) is 0.903. The van der Waals surface area contributed by atoms with E-state index < -0.39 is 10.0 Å². The molecule has 0 heterocycles. The molecule has 0 atom stereocenters. The molecule has 21 heavy (non-hydrogen) atoms. The first-order valence-corrected chi connectivity index (χ1v) is 9.14.